The van der Waals surface area contributed by atoms with Crippen molar-refractivity contribution in [3.63, 3.8) is 0 Å². The highest BCUT2D eigenvalue weighted by atomic mass is 16.1. The fourth-order valence-electron chi connectivity index (χ4n) is 1.69. The molecule has 0 aliphatic heterocycles. The Labute approximate surface area is 87.8 Å². The first-order chi connectivity index (χ1) is 7.18. The highest BCUT2D eigenvalue weighted by Gasteiger charge is 2.16. The van der Waals surface area contributed by atoms with Crippen LogP contribution in [0.15, 0.2) is 41.4 Å². The summed E-state index contributed by atoms with van der Waals surface area (Å²) >= 11 is 0. The average molecular weight is 203 g/mol. The van der Waals surface area contributed by atoms with Crippen molar-refractivity contribution in [3.05, 3.63) is 47.1 Å². The molecular formula is C11H13N3O. The lowest BCUT2D eigenvalue weighted by atomic mass is 10.0. The predicted octanol–water partition coefficient (Wildman–Crippen LogP) is 1.13. The number of allylic oxidation sites excluding steroid dienone is 4. The van der Waals surface area contributed by atoms with E-state index in [0.29, 0.717) is 0 Å². The molecule has 1 aromatic rings. The first kappa shape index (κ1) is 9.71. The number of hydrogen-bond donors (Lipinski definition) is 1. The van der Waals surface area contributed by atoms with Gasteiger partial charge in [0.15, 0.2) is 0 Å². The minimum absolute atomic E-state index is 0.0700. The van der Waals surface area contributed by atoms with E-state index in [9.17, 15) is 4.79 Å². The van der Waals surface area contributed by atoms with Gasteiger partial charge in [0.1, 0.15) is 5.82 Å². The molecule has 1 unspecified atom stereocenters. The van der Waals surface area contributed by atoms with Gasteiger partial charge >= 0.3 is 5.69 Å². The van der Waals surface area contributed by atoms with Crippen LogP contribution in [0.3, 0.4) is 0 Å². The van der Waals surface area contributed by atoms with E-state index in [2.05, 4.69) is 17.1 Å². The fourth-order valence-corrected chi connectivity index (χ4v) is 1.69. The smallest absolute Gasteiger partial charge is 0.349 e. The molecule has 15 heavy (non-hydrogen) atoms. The molecule has 4 nitrogen and oxygen atoms in total. The van der Waals surface area contributed by atoms with Crippen molar-refractivity contribution >= 4 is 5.82 Å². The Bertz CT molecular complexity index is 461. The summed E-state index contributed by atoms with van der Waals surface area (Å²) in [5, 5.41) is 0. The third-order valence-electron chi connectivity index (χ3n) is 2.63. The summed E-state index contributed by atoms with van der Waals surface area (Å²) in [4.78, 5) is 15.3. The quantitative estimate of drug-likeness (QED) is 0.783. The molecule has 1 aromatic heterocycles. The van der Waals surface area contributed by atoms with Crippen molar-refractivity contribution in [1.29, 1.82) is 0 Å². The Balaban J connectivity index is 2.33. The van der Waals surface area contributed by atoms with E-state index in [0.717, 1.165) is 0 Å². The van der Waals surface area contributed by atoms with Crippen LogP contribution >= 0.6 is 0 Å². The standard InChI is InChI=1S/C11H13N3O/c1-8(9-4-2-3-5-9)14-7-6-10(12)13-11(14)15/h2-9H,1H3,(H2,12,13,15). The van der Waals surface area contributed by atoms with Crippen LogP contribution in [0.25, 0.3) is 0 Å². The van der Waals surface area contributed by atoms with Crippen LogP contribution in [0.5, 0.6) is 0 Å². The summed E-state index contributed by atoms with van der Waals surface area (Å²) in [5.74, 6) is 0.522. The molecule has 1 heterocycles. The third kappa shape index (κ3) is 1.83. The largest absolute Gasteiger partial charge is 0.383 e. The molecule has 0 spiro atoms. The van der Waals surface area contributed by atoms with Gasteiger partial charge in [-0.2, -0.15) is 4.98 Å². The first-order valence-electron chi connectivity index (χ1n) is 4.88. The monoisotopic (exact) mass is 203 g/mol. The van der Waals surface area contributed by atoms with Crippen LogP contribution in [0, 0.1) is 5.92 Å². The number of nitrogens with two attached hydrogens (primary N) is 1. The van der Waals surface area contributed by atoms with Crippen molar-refractivity contribution in [3.8, 4) is 0 Å². The van der Waals surface area contributed by atoms with Gasteiger partial charge in [-0.25, -0.2) is 4.79 Å². The van der Waals surface area contributed by atoms with E-state index in [1.807, 2.05) is 19.1 Å². The number of hydrogen-bond acceptors (Lipinski definition) is 3. The summed E-state index contributed by atoms with van der Waals surface area (Å²) < 4.78 is 1.60. The molecule has 4 heteroatoms. The zero-order valence-electron chi connectivity index (χ0n) is 8.50. The van der Waals surface area contributed by atoms with Gasteiger partial charge in [0.25, 0.3) is 0 Å². The second-order valence-corrected chi connectivity index (χ2v) is 3.63. The van der Waals surface area contributed by atoms with Gasteiger partial charge in [-0.1, -0.05) is 24.3 Å². The number of anilines is 1. The number of aromatic nitrogens is 2. The maximum absolute atomic E-state index is 11.6. The van der Waals surface area contributed by atoms with E-state index < -0.39 is 0 Å². The third-order valence-corrected chi connectivity index (χ3v) is 2.63. The Morgan fingerprint density at radius 1 is 1.47 bits per heavy atom. The maximum Gasteiger partial charge on any atom is 0.349 e. The number of rotatable bonds is 2. The van der Waals surface area contributed by atoms with Crippen LogP contribution in [-0.4, -0.2) is 9.55 Å². The van der Waals surface area contributed by atoms with E-state index in [1.54, 1.807) is 16.8 Å². The highest BCUT2D eigenvalue weighted by molar-refractivity contribution is 5.24. The Morgan fingerprint density at radius 3 is 2.73 bits per heavy atom. The van der Waals surface area contributed by atoms with Gasteiger partial charge in [-0.3, -0.25) is 4.57 Å². The molecule has 0 saturated heterocycles. The molecule has 2 rings (SSSR count). The number of nitrogens with zero attached hydrogens (tertiary/aromatic N) is 2. The summed E-state index contributed by atoms with van der Waals surface area (Å²) in [7, 11) is 0. The van der Waals surface area contributed by atoms with Gasteiger partial charge in [0.05, 0.1) is 0 Å². The van der Waals surface area contributed by atoms with Crippen molar-refractivity contribution in [2.45, 2.75) is 13.0 Å². The van der Waals surface area contributed by atoms with E-state index in [1.165, 1.54) is 0 Å². The molecule has 0 saturated carbocycles. The molecule has 1 aliphatic carbocycles. The van der Waals surface area contributed by atoms with Gasteiger partial charge in [-0.05, 0) is 13.0 Å². The maximum atomic E-state index is 11.6. The van der Waals surface area contributed by atoms with Crippen molar-refractivity contribution < 1.29 is 0 Å². The molecule has 2 N–H and O–H groups in total. The lowest BCUT2D eigenvalue weighted by molar-refractivity contribution is 0.459. The van der Waals surface area contributed by atoms with Crippen molar-refractivity contribution in [2.75, 3.05) is 5.73 Å². The average Bonchev–Trinajstić information content (AvgIpc) is 2.69. The van der Waals surface area contributed by atoms with Crippen LogP contribution in [0.2, 0.25) is 0 Å². The Morgan fingerprint density at radius 2 is 2.13 bits per heavy atom. The lowest BCUT2D eigenvalue weighted by Gasteiger charge is -2.18. The SMILES string of the molecule is CC(C1C=CC=C1)n1ccc(N)nc1=O. The Hall–Kier alpha value is -1.84. The van der Waals surface area contributed by atoms with Gasteiger partial charge in [0, 0.05) is 18.2 Å². The van der Waals surface area contributed by atoms with Gasteiger partial charge in [0.2, 0.25) is 0 Å². The topological polar surface area (TPSA) is 60.9 Å². The van der Waals surface area contributed by atoms with Gasteiger partial charge < -0.3 is 5.73 Å². The van der Waals surface area contributed by atoms with Crippen LogP contribution < -0.4 is 11.4 Å². The van der Waals surface area contributed by atoms with Crippen molar-refractivity contribution in [1.82, 2.24) is 9.55 Å². The molecule has 0 fully saturated rings. The Kier molecular flexibility index (Phi) is 2.41. The summed E-state index contributed by atoms with van der Waals surface area (Å²) in [6.45, 7) is 1.99. The summed E-state index contributed by atoms with van der Waals surface area (Å²) in [6.07, 6.45) is 9.78. The minimum atomic E-state index is -0.295. The summed E-state index contributed by atoms with van der Waals surface area (Å²) in [6, 6.07) is 1.71. The molecule has 0 bridgehead atoms. The zero-order chi connectivity index (χ0) is 10.8. The highest BCUT2D eigenvalue weighted by Crippen LogP contribution is 2.22. The fraction of sp³-hybridized carbons (Fsp3) is 0.273. The molecule has 0 aromatic carbocycles. The van der Waals surface area contributed by atoms with E-state index >= 15 is 0 Å². The minimum Gasteiger partial charge on any atom is -0.383 e. The molecule has 78 valence electrons. The summed E-state index contributed by atoms with van der Waals surface area (Å²) in [5.41, 5.74) is 5.13. The van der Waals surface area contributed by atoms with E-state index in [4.69, 9.17) is 5.73 Å². The van der Waals surface area contributed by atoms with Gasteiger partial charge in [-0.15, -0.1) is 0 Å². The van der Waals surface area contributed by atoms with Crippen LogP contribution in [-0.2, 0) is 0 Å². The first-order valence-corrected chi connectivity index (χ1v) is 4.88. The van der Waals surface area contributed by atoms with Crippen molar-refractivity contribution in [2.24, 2.45) is 5.92 Å². The molecule has 1 atom stereocenters. The molecule has 0 amide bonds. The number of nitrogen functional groups attached to an aromatic ring is 1. The normalized spacial score (nSPS) is 17.1. The molecule has 0 radical (unpaired) electrons. The second kappa shape index (κ2) is 3.73. The van der Waals surface area contributed by atoms with Crippen LogP contribution in [0.1, 0.15) is 13.0 Å². The van der Waals surface area contributed by atoms with Crippen LogP contribution in [0.4, 0.5) is 5.82 Å². The molecule has 1 aliphatic rings. The second-order valence-electron chi connectivity index (χ2n) is 3.63. The van der Waals surface area contributed by atoms with E-state index in [-0.39, 0.29) is 23.5 Å². The molecular weight excluding hydrogens is 190 g/mol. The zero-order valence-corrected chi connectivity index (χ0v) is 8.50. The predicted molar refractivity (Wildman–Crippen MR) is 59.4 cm³/mol. The lowest BCUT2D eigenvalue weighted by Crippen LogP contribution is -2.28.